The summed E-state index contributed by atoms with van der Waals surface area (Å²) in [5, 5.41) is 11.8. The van der Waals surface area contributed by atoms with Crippen LogP contribution >= 0.6 is 11.6 Å². The van der Waals surface area contributed by atoms with Crippen LogP contribution in [0.3, 0.4) is 0 Å². The van der Waals surface area contributed by atoms with E-state index in [9.17, 15) is 13.6 Å². The number of aryl methyl sites for hydroxylation is 2. The fourth-order valence-electron chi connectivity index (χ4n) is 4.02. The van der Waals surface area contributed by atoms with Crippen molar-refractivity contribution in [2.45, 2.75) is 38.5 Å². The molecule has 3 heterocycles. The Kier molecular flexibility index (Phi) is 6.39. The number of nitrogens with one attached hydrogen (secondary N) is 2. The SMILES string of the molecule is Cc1nc(C2CN(C(=O)c3ccc(F)cc3OC3CCNCC3F)CC2=N)nc(C)c1Cl. The highest BCUT2D eigenvalue weighted by molar-refractivity contribution is 6.31. The second-order valence-corrected chi connectivity index (χ2v) is 8.51. The van der Waals surface area contributed by atoms with Crippen molar-refractivity contribution >= 4 is 23.2 Å². The summed E-state index contributed by atoms with van der Waals surface area (Å²) in [7, 11) is 0. The highest BCUT2D eigenvalue weighted by Gasteiger charge is 2.36. The molecule has 1 aromatic heterocycles. The third-order valence-electron chi connectivity index (χ3n) is 5.78. The van der Waals surface area contributed by atoms with Gasteiger partial charge in [0.25, 0.3) is 5.91 Å². The van der Waals surface area contributed by atoms with E-state index in [1.807, 2.05) is 0 Å². The van der Waals surface area contributed by atoms with Gasteiger partial charge in [-0.25, -0.2) is 18.7 Å². The third-order valence-corrected chi connectivity index (χ3v) is 6.33. The van der Waals surface area contributed by atoms with Gasteiger partial charge in [-0.15, -0.1) is 0 Å². The minimum atomic E-state index is -1.26. The molecule has 0 aliphatic carbocycles. The molecule has 170 valence electrons. The fraction of sp³-hybridized carbons (Fsp3) is 0.455. The number of ether oxygens (including phenoxy) is 1. The van der Waals surface area contributed by atoms with Crippen molar-refractivity contribution < 1.29 is 18.3 Å². The van der Waals surface area contributed by atoms with Gasteiger partial charge in [0, 0.05) is 24.9 Å². The van der Waals surface area contributed by atoms with Gasteiger partial charge in [-0.2, -0.15) is 0 Å². The van der Waals surface area contributed by atoms with Crippen LogP contribution in [-0.4, -0.2) is 64.9 Å². The number of carbonyl (C=O) groups is 1. The zero-order chi connectivity index (χ0) is 23.0. The Morgan fingerprint density at radius 1 is 1.31 bits per heavy atom. The molecular weight excluding hydrogens is 440 g/mol. The Labute approximate surface area is 189 Å². The van der Waals surface area contributed by atoms with E-state index in [2.05, 4.69) is 15.3 Å². The standard InChI is InChI=1S/C22H24ClF2N5O2/c1-11-20(23)12(2)29-21(28-11)15-9-30(10-17(15)26)22(31)14-4-3-13(24)7-19(14)32-18-5-6-27-8-16(18)25/h3-4,7,15-16,18,26-27H,5-6,8-10H2,1-2H3. The van der Waals surface area contributed by atoms with Gasteiger partial charge in [0.15, 0.2) is 0 Å². The van der Waals surface area contributed by atoms with E-state index >= 15 is 0 Å². The van der Waals surface area contributed by atoms with Crippen molar-refractivity contribution in [2.75, 3.05) is 26.2 Å². The molecule has 32 heavy (non-hydrogen) atoms. The van der Waals surface area contributed by atoms with Crippen LogP contribution in [0.15, 0.2) is 18.2 Å². The molecule has 2 aromatic rings. The van der Waals surface area contributed by atoms with Gasteiger partial charge < -0.3 is 20.4 Å². The van der Waals surface area contributed by atoms with Crippen molar-refractivity contribution in [1.29, 1.82) is 5.41 Å². The highest BCUT2D eigenvalue weighted by Crippen LogP contribution is 2.30. The second-order valence-electron chi connectivity index (χ2n) is 8.14. The summed E-state index contributed by atoms with van der Waals surface area (Å²) >= 11 is 6.15. The zero-order valence-electron chi connectivity index (χ0n) is 17.8. The minimum Gasteiger partial charge on any atom is -0.486 e. The summed E-state index contributed by atoms with van der Waals surface area (Å²) in [6.45, 7) is 4.55. The number of aromatic nitrogens is 2. The highest BCUT2D eigenvalue weighted by atomic mass is 35.5. The van der Waals surface area contributed by atoms with Crippen LogP contribution in [0.2, 0.25) is 5.02 Å². The molecule has 7 nitrogen and oxygen atoms in total. The first kappa shape index (κ1) is 22.5. The predicted molar refractivity (Wildman–Crippen MR) is 116 cm³/mol. The Morgan fingerprint density at radius 3 is 2.72 bits per heavy atom. The largest absolute Gasteiger partial charge is 0.486 e. The van der Waals surface area contributed by atoms with Crippen LogP contribution in [0.4, 0.5) is 8.78 Å². The Bertz CT molecular complexity index is 1040. The summed E-state index contributed by atoms with van der Waals surface area (Å²) in [5.41, 5.74) is 1.66. The summed E-state index contributed by atoms with van der Waals surface area (Å²) < 4.78 is 33.9. The van der Waals surface area contributed by atoms with Crippen molar-refractivity contribution in [3.8, 4) is 5.75 Å². The average Bonchev–Trinajstić information content (AvgIpc) is 3.14. The summed E-state index contributed by atoms with van der Waals surface area (Å²) in [5.74, 6) is -1.00. The van der Waals surface area contributed by atoms with Crippen molar-refractivity contribution in [3.63, 3.8) is 0 Å². The molecule has 3 atom stereocenters. The van der Waals surface area contributed by atoms with Gasteiger partial charge in [-0.3, -0.25) is 4.79 Å². The van der Waals surface area contributed by atoms with E-state index in [1.54, 1.807) is 13.8 Å². The summed E-state index contributed by atoms with van der Waals surface area (Å²) in [6, 6.07) is 3.62. The first-order chi connectivity index (χ1) is 15.2. The maximum atomic E-state index is 14.2. The number of alkyl halides is 1. The van der Waals surface area contributed by atoms with Crippen LogP contribution < -0.4 is 10.1 Å². The van der Waals surface area contributed by atoms with Gasteiger partial charge in [0.1, 0.15) is 29.7 Å². The molecule has 0 radical (unpaired) electrons. The molecule has 1 amide bonds. The summed E-state index contributed by atoms with van der Waals surface area (Å²) in [6.07, 6.45) is -1.61. The molecule has 2 aliphatic rings. The van der Waals surface area contributed by atoms with E-state index in [4.69, 9.17) is 21.7 Å². The van der Waals surface area contributed by atoms with E-state index < -0.39 is 29.9 Å². The maximum Gasteiger partial charge on any atom is 0.257 e. The molecule has 2 fully saturated rings. The van der Waals surface area contributed by atoms with E-state index in [-0.39, 0.29) is 30.9 Å². The van der Waals surface area contributed by atoms with Gasteiger partial charge in [0.2, 0.25) is 0 Å². The monoisotopic (exact) mass is 463 g/mol. The number of piperidine rings is 1. The second kappa shape index (κ2) is 9.07. The smallest absolute Gasteiger partial charge is 0.257 e. The number of rotatable bonds is 4. The number of likely N-dealkylation sites (tertiary alicyclic amines) is 1. The van der Waals surface area contributed by atoms with Gasteiger partial charge >= 0.3 is 0 Å². The normalized spacial score (nSPS) is 23.5. The Balaban J connectivity index is 1.57. The van der Waals surface area contributed by atoms with Crippen molar-refractivity contribution in [2.24, 2.45) is 0 Å². The molecule has 2 aliphatic heterocycles. The van der Waals surface area contributed by atoms with E-state index in [1.165, 1.54) is 17.0 Å². The molecule has 10 heteroatoms. The number of hydrogen-bond acceptors (Lipinski definition) is 6. The van der Waals surface area contributed by atoms with Crippen molar-refractivity contribution in [3.05, 3.63) is 51.8 Å². The van der Waals surface area contributed by atoms with Gasteiger partial charge in [-0.1, -0.05) is 11.6 Å². The lowest BCUT2D eigenvalue weighted by molar-refractivity contribution is 0.0675. The van der Waals surface area contributed by atoms with Crippen LogP contribution in [0.5, 0.6) is 5.75 Å². The Morgan fingerprint density at radius 2 is 2.03 bits per heavy atom. The number of carbonyl (C=O) groups excluding carboxylic acids is 1. The molecule has 3 unspecified atom stereocenters. The topological polar surface area (TPSA) is 91.2 Å². The molecule has 0 saturated carbocycles. The molecule has 2 saturated heterocycles. The van der Waals surface area contributed by atoms with Crippen LogP contribution in [0.25, 0.3) is 0 Å². The van der Waals surface area contributed by atoms with Crippen molar-refractivity contribution in [1.82, 2.24) is 20.2 Å². The van der Waals surface area contributed by atoms with Crippen LogP contribution in [-0.2, 0) is 0 Å². The quantitative estimate of drug-likeness (QED) is 0.726. The number of benzene rings is 1. The van der Waals surface area contributed by atoms with Gasteiger partial charge in [0.05, 0.1) is 34.4 Å². The number of nitrogens with zero attached hydrogens (tertiary/aromatic N) is 3. The molecule has 0 bridgehead atoms. The molecule has 2 N–H and O–H groups in total. The molecule has 4 rings (SSSR count). The average molecular weight is 464 g/mol. The lowest BCUT2D eigenvalue weighted by atomic mass is 10.1. The molecular formula is C22H24ClF2N5O2. The molecule has 1 aromatic carbocycles. The van der Waals surface area contributed by atoms with Crippen LogP contribution in [0.1, 0.15) is 39.9 Å². The predicted octanol–water partition coefficient (Wildman–Crippen LogP) is 3.22. The van der Waals surface area contributed by atoms with Crippen LogP contribution in [0, 0.1) is 25.1 Å². The maximum absolute atomic E-state index is 14.2. The number of halogens is 3. The van der Waals surface area contributed by atoms with E-state index in [0.717, 1.165) is 6.07 Å². The van der Waals surface area contributed by atoms with Gasteiger partial charge in [-0.05, 0) is 38.9 Å². The van der Waals surface area contributed by atoms with E-state index in [0.29, 0.717) is 40.9 Å². The number of amides is 1. The third kappa shape index (κ3) is 4.45. The minimum absolute atomic E-state index is 0.00830. The summed E-state index contributed by atoms with van der Waals surface area (Å²) in [4.78, 5) is 23.6. The lowest BCUT2D eigenvalue weighted by Gasteiger charge is -2.28. The molecule has 0 spiro atoms. The lowest BCUT2D eigenvalue weighted by Crippen LogP contribution is -2.44. The number of hydrogen-bond donors (Lipinski definition) is 2. The first-order valence-electron chi connectivity index (χ1n) is 10.4. The Hall–Kier alpha value is -2.65. The fourth-order valence-corrected chi connectivity index (χ4v) is 4.11. The first-order valence-corrected chi connectivity index (χ1v) is 10.8. The zero-order valence-corrected chi connectivity index (χ0v) is 18.5.